The van der Waals surface area contributed by atoms with Crippen molar-refractivity contribution < 1.29 is 14.3 Å². The molecule has 0 spiro atoms. The fraction of sp³-hybridized carbons (Fsp3) is 0.556. The highest BCUT2D eigenvalue weighted by Crippen LogP contribution is 2.45. The number of benzene rings is 1. The number of likely N-dealkylation sites (N-methyl/N-ethyl adjacent to an activating group) is 1. The topological polar surface area (TPSA) is 54.8 Å². The maximum Gasteiger partial charge on any atom is 0.419 e. The third kappa shape index (κ3) is 4.44. The van der Waals surface area contributed by atoms with Crippen molar-refractivity contribution in [1.82, 2.24) is 14.4 Å². The van der Waals surface area contributed by atoms with Gasteiger partial charge in [0.05, 0.1) is 22.6 Å². The van der Waals surface area contributed by atoms with E-state index in [9.17, 15) is 9.59 Å². The van der Waals surface area contributed by atoms with Crippen LogP contribution in [-0.4, -0.2) is 65.7 Å². The van der Waals surface area contributed by atoms with Gasteiger partial charge in [0, 0.05) is 31.1 Å². The van der Waals surface area contributed by atoms with Gasteiger partial charge in [0.1, 0.15) is 0 Å². The number of carbonyl (C=O) groups is 2. The number of ether oxygens (including phenoxy) is 1. The van der Waals surface area contributed by atoms with E-state index >= 15 is 0 Å². The molecule has 34 heavy (non-hydrogen) atoms. The molecule has 1 amide bonds. The second kappa shape index (κ2) is 10.6. The van der Waals surface area contributed by atoms with Crippen LogP contribution in [0.1, 0.15) is 57.6 Å². The molecule has 2 aliphatic rings. The number of nitrogens with zero attached hydrogens (tertiary/aromatic N) is 3. The third-order valence-electron chi connectivity index (χ3n) is 7.29. The Labute approximate surface area is 211 Å². The Kier molecular flexibility index (Phi) is 7.83. The van der Waals surface area contributed by atoms with Crippen molar-refractivity contribution >= 4 is 44.4 Å². The molecular weight excluding hydrogens is 494 g/mol. The number of aromatic nitrogens is 1. The summed E-state index contributed by atoms with van der Waals surface area (Å²) in [6, 6.07) is 6.28. The zero-order valence-electron chi connectivity index (χ0n) is 20.8. The maximum absolute atomic E-state index is 13.2. The molecule has 2 heterocycles. The van der Waals surface area contributed by atoms with Gasteiger partial charge >= 0.3 is 6.09 Å². The lowest BCUT2D eigenvalue weighted by Crippen LogP contribution is -2.47. The van der Waals surface area contributed by atoms with Gasteiger partial charge in [-0.25, -0.2) is 9.36 Å². The van der Waals surface area contributed by atoms with Crippen LogP contribution in [0.2, 0.25) is 0 Å². The van der Waals surface area contributed by atoms with Gasteiger partial charge in [-0.05, 0) is 72.4 Å². The van der Waals surface area contributed by atoms with Gasteiger partial charge in [-0.1, -0.05) is 44.4 Å². The molecule has 0 N–H and O–H groups in total. The highest BCUT2D eigenvalue weighted by molar-refractivity contribution is 9.10. The van der Waals surface area contributed by atoms with Crippen molar-refractivity contribution in [2.45, 2.75) is 58.9 Å². The predicted molar refractivity (Wildman–Crippen MR) is 140 cm³/mol. The van der Waals surface area contributed by atoms with E-state index in [-0.39, 0.29) is 24.0 Å². The van der Waals surface area contributed by atoms with Crippen LogP contribution in [0.4, 0.5) is 4.79 Å². The van der Waals surface area contributed by atoms with Crippen LogP contribution in [0.15, 0.2) is 28.9 Å². The van der Waals surface area contributed by atoms with Gasteiger partial charge in [0.25, 0.3) is 0 Å². The van der Waals surface area contributed by atoms with E-state index in [2.05, 4.69) is 46.9 Å². The van der Waals surface area contributed by atoms with E-state index in [0.29, 0.717) is 13.2 Å². The van der Waals surface area contributed by atoms with Crippen molar-refractivity contribution in [2.24, 2.45) is 5.92 Å². The van der Waals surface area contributed by atoms with Crippen LogP contribution >= 0.6 is 15.9 Å². The molecule has 1 aromatic carbocycles. The number of hydrogen-bond donors (Lipinski definition) is 0. The van der Waals surface area contributed by atoms with Gasteiger partial charge in [0.15, 0.2) is 0 Å². The molecule has 0 saturated heterocycles. The fourth-order valence-electron chi connectivity index (χ4n) is 5.45. The Morgan fingerprint density at radius 1 is 1.15 bits per heavy atom. The van der Waals surface area contributed by atoms with Crippen LogP contribution in [0.25, 0.3) is 16.5 Å². The number of rotatable bonds is 8. The summed E-state index contributed by atoms with van der Waals surface area (Å²) in [6.45, 7) is 8.80. The largest absolute Gasteiger partial charge is 0.449 e. The summed E-state index contributed by atoms with van der Waals surface area (Å²) < 4.78 is 8.09. The first-order valence-corrected chi connectivity index (χ1v) is 13.4. The number of halogens is 1. The molecule has 2 aromatic rings. The Bertz CT molecular complexity index is 1100. The van der Waals surface area contributed by atoms with Crippen LogP contribution in [0, 0.1) is 5.92 Å². The van der Waals surface area contributed by atoms with Crippen molar-refractivity contribution in [3.05, 3.63) is 40.0 Å². The van der Waals surface area contributed by atoms with E-state index < -0.39 is 0 Å². The van der Waals surface area contributed by atoms with Crippen molar-refractivity contribution in [1.29, 1.82) is 0 Å². The Morgan fingerprint density at radius 2 is 1.91 bits per heavy atom. The fourth-order valence-corrected chi connectivity index (χ4v) is 6.14. The van der Waals surface area contributed by atoms with Gasteiger partial charge < -0.3 is 9.64 Å². The lowest BCUT2D eigenvalue weighted by molar-refractivity contribution is -0.134. The van der Waals surface area contributed by atoms with Gasteiger partial charge in [-0.2, -0.15) is 0 Å². The summed E-state index contributed by atoms with van der Waals surface area (Å²) >= 11 is 3.73. The minimum atomic E-state index is -0.335. The van der Waals surface area contributed by atoms with Crippen LogP contribution < -0.4 is 0 Å². The zero-order valence-corrected chi connectivity index (χ0v) is 22.4. The molecule has 0 radical (unpaired) electrons. The van der Waals surface area contributed by atoms with Crippen molar-refractivity contribution in [2.75, 3.05) is 33.3 Å². The molecule has 1 aromatic heterocycles. The first-order chi connectivity index (χ1) is 16.4. The molecule has 4 rings (SSSR count). The second-order valence-electron chi connectivity index (χ2n) is 9.38. The van der Waals surface area contributed by atoms with E-state index in [4.69, 9.17) is 4.74 Å². The first kappa shape index (κ1) is 25.0. The number of amides is 1. The van der Waals surface area contributed by atoms with Gasteiger partial charge in [-0.15, -0.1) is 0 Å². The standard InChI is InChI=1S/C27H36BrN3O3/c1-5-8-9-10-14-34-27(33)31-22-13-11-12-19-20-15-18(26(32)30(6-2)7-3)17-29(4)23(20)16-21(24(19)22)25(31)28/h11-13,15,18,23H,5-10,14,16-17H2,1-4H3/t18-,23-/m1/s1. The summed E-state index contributed by atoms with van der Waals surface area (Å²) in [5, 5.41) is 1.09. The lowest BCUT2D eigenvalue weighted by atomic mass is 9.79. The summed E-state index contributed by atoms with van der Waals surface area (Å²) in [5.74, 6) is 0.0257. The molecule has 2 atom stereocenters. The van der Waals surface area contributed by atoms with Crippen molar-refractivity contribution in [3.8, 4) is 0 Å². The molecule has 7 heteroatoms. The Hall–Kier alpha value is -2.12. The molecular formula is C27H36BrN3O3. The number of carbonyl (C=O) groups excluding carboxylic acids is 2. The zero-order chi connectivity index (χ0) is 24.4. The van der Waals surface area contributed by atoms with Crippen LogP contribution in [0.3, 0.4) is 0 Å². The molecule has 1 aliphatic carbocycles. The van der Waals surface area contributed by atoms with E-state index in [1.54, 1.807) is 4.57 Å². The molecule has 0 bridgehead atoms. The molecule has 0 fully saturated rings. The monoisotopic (exact) mass is 529 g/mol. The number of unbranched alkanes of at least 4 members (excludes halogenated alkanes) is 3. The molecule has 6 nitrogen and oxygen atoms in total. The molecule has 1 aliphatic heterocycles. The summed E-state index contributed by atoms with van der Waals surface area (Å²) in [6.07, 6.45) is 6.90. The summed E-state index contributed by atoms with van der Waals surface area (Å²) in [7, 11) is 2.10. The normalized spacial score (nSPS) is 19.6. The summed E-state index contributed by atoms with van der Waals surface area (Å²) in [5.41, 5.74) is 4.30. The maximum atomic E-state index is 13.2. The smallest absolute Gasteiger partial charge is 0.419 e. The quantitative estimate of drug-likeness (QED) is 0.411. The highest BCUT2D eigenvalue weighted by Gasteiger charge is 2.38. The highest BCUT2D eigenvalue weighted by atomic mass is 79.9. The SMILES string of the molecule is CCCCCCOC(=O)n1c(Br)c2c3c(cccc31)C1=C[C@@H](C(=O)N(CC)CC)CN(C)[C@@H]1C2. The lowest BCUT2D eigenvalue weighted by Gasteiger charge is -2.40. The molecule has 0 saturated carbocycles. The number of fused-ring (bicyclic) bond motifs is 2. The predicted octanol–water partition coefficient (Wildman–Crippen LogP) is 5.71. The number of hydrogen-bond acceptors (Lipinski definition) is 4. The average molecular weight is 531 g/mol. The third-order valence-corrected chi connectivity index (χ3v) is 8.13. The van der Waals surface area contributed by atoms with E-state index in [1.807, 2.05) is 30.9 Å². The van der Waals surface area contributed by atoms with Crippen LogP contribution in [-0.2, 0) is 16.0 Å². The van der Waals surface area contributed by atoms with E-state index in [1.165, 1.54) is 5.57 Å². The minimum absolute atomic E-state index is 0.161. The minimum Gasteiger partial charge on any atom is -0.449 e. The average Bonchev–Trinajstić information content (AvgIpc) is 3.12. The molecule has 0 unspecified atom stereocenters. The first-order valence-electron chi connectivity index (χ1n) is 12.6. The Morgan fingerprint density at radius 3 is 2.62 bits per heavy atom. The second-order valence-corrected chi connectivity index (χ2v) is 10.1. The van der Waals surface area contributed by atoms with Gasteiger partial charge in [-0.3, -0.25) is 9.69 Å². The van der Waals surface area contributed by atoms with E-state index in [0.717, 1.165) is 71.8 Å². The Balaban J connectivity index is 1.70. The van der Waals surface area contributed by atoms with Crippen molar-refractivity contribution in [3.63, 3.8) is 0 Å². The molecule has 184 valence electrons. The summed E-state index contributed by atoms with van der Waals surface area (Å²) in [4.78, 5) is 30.4. The van der Waals surface area contributed by atoms with Crippen LogP contribution in [0.5, 0.6) is 0 Å². The van der Waals surface area contributed by atoms with Gasteiger partial charge in [0.2, 0.25) is 5.91 Å².